The molecule has 5 nitrogen and oxygen atoms in total. The highest BCUT2D eigenvalue weighted by atomic mass is 35.5. The van der Waals surface area contributed by atoms with Crippen LogP contribution in [0.15, 0.2) is 66.7 Å². The van der Waals surface area contributed by atoms with Crippen LogP contribution in [0, 0.1) is 6.92 Å². The van der Waals surface area contributed by atoms with Crippen molar-refractivity contribution in [3.63, 3.8) is 0 Å². The van der Waals surface area contributed by atoms with Crippen LogP contribution in [0.25, 0.3) is 10.2 Å². The Kier molecular flexibility index (Phi) is 8.99. The molecule has 1 fully saturated rings. The number of fused-ring (bicyclic) bond motifs is 1. The van der Waals surface area contributed by atoms with E-state index in [2.05, 4.69) is 17.0 Å². The Morgan fingerprint density at radius 3 is 2.47 bits per heavy atom. The summed E-state index contributed by atoms with van der Waals surface area (Å²) in [5.74, 6) is -0.0349. The van der Waals surface area contributed by atoms with Gasteiger partial charge in [-0.05, 0) is 54.3 Å². The summed E-state index contributed by atoms with van der Waals surface area (Å²) >= 11 is 7.80. The van der Waals surface area contributed by atoms with Gasteiger partial charge >= 0.3 is 0 Å². The van der Waals surface area contributed by atoms with E-state index in [1.54, 1.807) is 0 Å². The van der Waals surface area contributed by atoms with Crippen molar-refractivity contribution in [3.05, 3.63) is 94.0 Å². The lowest BCUT2D eigenvalue weighted by molar-refractivity contribution is 0.0391. The van der Waals surface area contributed by atoms with Crippen molar-refractivity contribution >= 4 is 56.6 Å². The fourth-order valence-corrected chi connectivity index (χ4v) is 5.81. The Labute approximate surface area is 227 Å². The number of aromatic nitrogens is 1. The molecular formula is C28H29Cl2N3O2S. The van der Waals surface area contributed by atoms with Crippen molar-refractivity contribution in [2.45, 2.75) is 13.3 Å². The zero-order valence-corrected chi connectivity index (χ0v) is 22.5. The number of amides is 1. The SMILES string of the molecule is Cc1cc(Cl)cc2sc(N(CCN3CCOCC3)C(=O)c3ccc(Cc4ccccc4)cc3)nc12.Cl. The second-order valence-corrected chi connectivity index (χ2v) is 10.3. The number of benzene rings is 3. The molecule has 1 aliphatic rings. The molecule has 1 amide bonds. The van der Waals surface area contributed by atoms with Crippen LogP contribution < -0.4 is 4.90 Å². The van der Waals surface area contributed by atoms with Crippen LogP contribution in [0.3, 0.4) is 0 Å². The molecule has 3 aromatic carbocycles. The summed E-state index contributed by atoms with van der Waals surface area (Å²) in [6.07, 6.45) is 0.841. The highest BCUT2D eigenvalue weighted by molar-refractivity contribution is 7.22. The molecule has 2 heterocycles. The predicted octanol–water partition coefficient (Wildman–Crippen LogP) is 6.25. The minimum Gasteiger partial charge on any atom is -0.379 e. The second-order valence-electron chi connectivity index (χ2n) is 8.84. The number of ether oxygens (including phenoxy) is 1. The normalized spacial score (nSPS) is 13.9. The quantitative estimate of drug-likeness (QED) is 0.277. The molecular weight excluding hydrogens is 513 g/mol. The standard InChI is InChI=1S/C28H28ClN3O2S.ClH/c1-20-17-24(29)19-25-26(20)30-28(35-25)32(12-11-31-13-15-34-16-14-31)27(33)23-9-7-22(8-10-23)18-21-5-3-2-4-6-21;/h2-10,17,19H,11-16,18H2,1H3;1H. The third-order valence-electron chi connectivity index (χ3n) is 6.31. The number of carbonyl (C=O) groups is 1. The minimum absolute atomic E-state index is 0. The Bertz CT molecular complexity index is 1310. The van der Waals surface area contributed by atoms with Gasteiger partial charge in [0.1, 0.15) is 0 Å². The van der Waals surface area contributed by atoms with Gasteiger partial charge in [0.15, 0.2) is 5.13 Å². The lowest BCUT2D eigenvalue weighted by atomic mass is 10.0. The first-order valence-electron chi connectivity index (χ1n) is 11.9. The van der Waals surface area contributed by atoms with Crippen LogP contribution in [-0.2, 0) is 11.2 Å². The maximum Gasteiger partial charge on any atom is 0.260 e. The molecule has 0 atom stereocenters. The van der Waals surface area contributed by atoms with Gasteiger partial charge in [-0.3, -0.25) is 14.6 Å². The third-order valence-corrected chi connectivity index (χ3v) is 7.55. The topological polar surface area (TPSA) is 45.7 Å². The molecule has 4 aromatic rings. The molecule has 1 aliphatic heterocycles. The maximum absolute atomic E-state index is 13.7. The molecule has 0 N–H and O–H groups in total. The van der Waals surface area contributed by atoms with Crippen molar-refractivity contribution in [2.24, 2.45) is 0 Å². The summed E-state index contributed by atoms with van der Waals surface area (Å²) < 4.78 is 6.47. The number of thiazole rings is 1. The summed E-state index contributed by atoms with van der Waals surface area (Å²) in [7, 11) is 0. The van der Waals surface area contributed by atoms with Crippen molar-refractivity contribution in [3.8, 4) is 0 Å². The van der Waals surface area contributed by atoms with Crippen LogP contribution in [0.5, 0.6) is 0 Å². The second kappa shape index (κ2) is 12.2. The first kappa shape index (κ1) is 26.6. The van der Waals surface area contributed by atoms with E-state index in [1.807, 2.05) is 66.4 Å². The molecule has 188 valence electrons. The van der Waals surface area contributed by atoms with E-state index in [9.17, 15) is 4.79 Å². The van der Waals surface area contributed by atoms with Crippen molar-refractivity contribution in [1.29, 1.82) is 0 Å². The van der Waals surface area contributed by atoms with Crippen molar-refractivity contribution in [2.75, 3.05) is 44.3 Å². The van der Waals surface area contributed by atoms with Gasteiger partial charge in [0, 0.05) is 36.8 Å². The smallest absolute Gasteiger partial charge is 0.260 e. The lowest BCUT2D eigenvalue weighted by Gasteiger charge is -2.29. The average Bonchev–Trinajstić information content (AvgIpc) is 3.30. The van der Waals surface area contributed by atoms with Crippen LogP contribution in [0.2, 0.25) is 5.02 Å². The zero-order chi connectivity index (χ0) is 24.2. The zero-order valence-electron chi connectivity index (χ0n) is 20.2. The summed E-state index contributed by atoms with van der Waals surface area (Å²) in [6.45, 7) is 6.57. The fraction of sp³-hybridized carbons (Fsp3) is 0.286. The molecule has 0 bridgehead atoms. The van der Waals surface area contributed by atoms with E-state index in [-0.39, 0.29) is 18.3 Å². The summed E-state index contributed by atoms with van der Waals surface area (Å²) in [4.78, 5) is 22.8. The summed E-state index contributed by atoms with van der Waals surface area (Å²) in [5.41, 5.74) is 5.01. The van der Waals surface area contributed by atoms with Crippen molar-refractivity contribution in [1.82, 2.24) is 9.88 Å². The maximum atomic E-state index is 13.7. The highest BCUT2D eigenvalue weighted by Gasteiger charge is 2.23. The Morgan fingerprint density at radius 2 is 1.75 bits per heavy atom. The molecule has 0 unspecified atom stereocenters. The van der Waals surface area contributed by atoms with E-state index in [0.717, 1.165) is 55.0 Å². The first-order chi connectivity index (χ1) is 17.1. The number of carbonyl (C=O) groups excluding carboxylic acids is 1. The molecule has 0 radical (unpaired) electrons. The summed E-state index contributed by atoms with van der Waals surface area (Å²) in [6, 6.07) is 22.1. The number of halogens is 2. The van der Waals surface area contributed by atoms with Gasteiger partial charge in [0.25, 0.3) is 5.91 Å². The van der Waals surface area contributed by atoms with Gasteiger partial charge in [-0.2, -0.15) is 0 Å². The lowest BCUT2D eigenvalue weighted by Crippen LogP contribution is -2.43. The Balaban J connectivity index is 0.00000304. The molecule has 0 aliphatic carbocycles. The van der Waals surface area contributed by atoms with E-state index < -0.39 is 0 Å². The number of hydrogen-bond donors (Lipinski definition) is 0. The molecule has 8 heteroatoms. The highest BCUT2D eigenvalue weighted by Crippen LogP contribution is 2.33. The van der Waals surface area contributed by atoms with E-state index in [1.165, 1.54) is 22.5 Å². The number of nitrogens with zero attached hydrogens (tertiary/aromatic N) is 3. The average molecular weight is 543 g/mol. The van der Waals surface area contributed by atoms with Gasteiger partial charge in [0.2, 0.25) is 0 Å². The molecule has 0 saturated carbocycles. The number of anilines is 1. The van der Waals surface area contributed by atoms with E-state index >= 15 is 0 Å². The minimum atomic E-state index is -0.0349. The van der Waals surface area contributed by atoms with Gasteiger partial charge < -0.3 is 4.74 Å². The van der Waals surface area contributed by atoms with Crippen molar-refractivity contribution < 1.29 is 9.53 Å². The molecule has 36 heavy (non-hydrogen) atoms. The van der Waals surface area contributed by atoms with E-state index in [0.29, 0.717) is 22.3 Å². The van der Waals surface area contributed by atoms with Gasteiger partial charge in [-0.25, -0.2) is 4.98 Å². The largest absolute Gasteiger partial charge is 0.379 e. The Hall–Kier alpha value is -2.48. The number of hydrogen-bond acceptors (Lipinski definition) is 5. The molecule has 5 rings (SSSR count). The third kappa shape index (κ3) is 6.25. The van der Waals surface area contributed by atoms with Gasteiger partial charge in [0.05, 0.1) is 23.4 Å². The van der Waals surface area contributed by atoms with Gasteiger partial charge in [-0.1, -0.05) is 65.4 Å². The first-order valence-corrected chi connectivity index (χ1v) is 13.1. The predicted molar refractivity (Wildman–Crippen MR) is 151 cm³/mol. The van der Waals surface area contributed by atoms with Gasteiger partial charge in [-0.15, -0.1) is 12.4 Å². The molecule has 1 saturated heterocycles. The van der Waals surface area contributed by atoms with Crippen LogP contribution in [-0.4, -0.2) is 55.2 Å². The number of rotatable bonds is 7. The van der Waals surface area contributed by atoms with E-state index in [4.69, 9.17) is 21.3 Å². The fourth-order valence-electron chi connectivity index (χ4n) is 4.36. The Morgan fingerprint density at radius 1 is 1.06 bits per heavy atom. The van der Waals surface area contributed by atoms with Crippen LogP contribution >= 0.6 is 35.3 Å². The van der Waals surface area contributed by atoms with Crippen LogP contribution in [0.4, 0.5) is 5.13 Å². The monoisotopic (exact) mass is 541 g/mol. The number of morpholine rings is 1. The summed E-state index contributed by atoms with van der Waals surface area (Å²) in [5, 5.41) is 1.39. The molecule has 0 spiro atoms. The van der Waals surface area contributed by atoms with Crippen LogP contribution in [0.1, 0.15) is 27.0 Å². The molecule has 1 aromatic heterocycles. The number of aryl methyl sites for hydroxylation is 1.